The van der Waals surface area contributed by atoms with Gasteiger partial charge in [-0.25, -0.2) is 0 Å². The van der Waals surface area contributed by atoms with E-state index in [1.807, 2.05) is 0 Å². The predicted molar refractivity (Wildman–Crippen MR) is 76.7 cm³/mol. The van der Waals surface area contributed by atoms with Crippen molar-refractivity contribution in [3.05, 3.63) is 28.2 Å². The molecule has 0 atom stereocenters. The highest BCUT2D eigenvalue weighted by Crippen LogP contribution is 2.29. The second-order valence-corrected chi connectivity index (χ2v) is 5.42. The van der Waals surface area contributed by atoms with Crippen molar-refractivity contribution in [2.75, 3.05) is 26.0 Å². The van der Waals surface area contributed by atoms with Crippen molar-refractivity contribution in [3.63, 3.8) is 0 Å². The van der Waals surface area contributed by atoms with Crippen molar-refractivity contribution >= 4 is 40.9 Å². The number of benzene rings is 1. The van der Waals surface area contributed by atoms with E-state index < -0.39 is 0 Å². The third-order valence-corrected chi connectivity index (χ3v) is 3.83. The van der Waals surface area contributed by atoms with E-state index in [9.17, 15) is 4.79 Å². The Labute approximate surface area is 121 Å². The van der Waals surface area contributed by atoms with Crippen LogP contribution in [0.15, 0.2) is 23.1 Å². The van der Waals surface area contributed by atoms with Crippen LogP contribution >= 0.6 is 35.0 Å². The van der Waals surface area contributed by atoms with Crippen molar-refractivity contribution < 1.29 is 9.53 Å². The molecule has 1 rings (SSSR count). The highest BCUT2D eigenvalue weighted by atomic mass is 35.5. The number of halogens is 2. The molecule has 0 bridgehead atoms. The molecule has 0 aliphatic carbocycles. The van der Waals surface area contributed by atoms with Gasteiger partial charge in [-0.3, -0.25) is 4.79 Å². The molecule has 0 unspecified atom stereocenters. The molecular weight excluding hydrogens is 293 g/mol. The van der Waals surface area contributed by atoms with Crippen LogP contribution in [0.25, 0.3) is 0 Å². The van der Waals surface area contributed by atoms with Crippen molar-refractivity contribution in [2.45, 2.75) is 11.3 Å². The van der Waals surface area contributed by atoms with Gasteiger partial charge in [-0.15, -0.1) is 11.8 Å². The minimum Gasteiger partial charge on any atom is -0.385 e. The third-order valence-electron chi connectivity index (χ3n) is 2.10. The van der Waals surface area contributed by atoms with E-state index in [-0.39, 0.29) is 5.91 Å². The van der Waals surface area contributed by atoms with Crippen LogP contribution in [0, 0.1) is 0 Å². The van der Waals surface area contributed by atoms with Gasteiger partial charge in [0, 0.05) is 30.2 Å². The van der Waals surface area contributed by atoms with Crippen molar-refractivity contribution in [1.82, 2.24) is 5.32 Å². The normalized spacial score (nSPS) is 10.4. The fourth-order valence-corrected chi connectivity index (χ4v) is 2.55. The summed E-state index contributed by atoms with van der Waals surface area (Å²) in [5.41, 5.74) is 0. The lowest BCUT2D eigenvalue weighted by Crippen LogP contribution is -2.26. The lowest BCUT2D eigenvalue weighted by Gasteiger charge is -2.06. The molecule has 0 aliphatic heterocycles. The molecule has 0 heterocycles. The molecule has 0 saturated heterocycles. The molecule has 1 aromatic rings. The van der Waals surface area contributed by atoms with E-state index in [4.69, 9.17) is 27.9 Å². The molecule has 6 heteroatoms. The Kier molecular flexibility index (Phi) is 7.51. The van der Waals surface area contributed by atoms with E-state index in [2.05, 4.69) is 5.32 Å². The maximum atomic E-state index is 11.5. The quantitative estimate of drug-likeness (QED) is 0.621. The van der Waals surface area contributed by atoms with Crippen LogP contribution in [0.5, 0.6) is 0 Å². The molecule has 18 heavy (non-hydrogen) atoms. The van der Waals surface area contributed by atoms with Crippen LogP contribution in [0.3, 0.4) is 0 Å². The average molecular weight is 308 g/mol. The molecule has 0 fully saturated rings. The summed E-state index contributed by atoms with van der Waals surface area (Å²) in [6.45, 7) is 1.27. The fourth-order valence-electron chi connectivity index (χ4n) is 1.23. The van der Waals surface area contributed by atoms with E-state index in [0.717, 1.165) is 11.3 Å². The van der Waals surface area contributed by atoms with Crippen LogP contribution in [-0.2, 0) is 9.53 Å². The van der Waals surface area contributed by atoms with E-state index in [1.54, 1.807) is 25.3 Å². The lowest BCUT2D eigenvalue weighted by molar-refractivity contribution is -0.118. The number of thioether (sulfide) groups is 1. The lowest BCUT2D eigenvalue weighted by atomic mass is 10.4. The number of carbonyl (C=O) groups excluding carboxylic acids is 1. The first-order valence-electron chi connectivity index (χ1n) is 5.47. The largest absolute Gasteiger partial charge is 0.385 e. The van der Waals surface area contributed by atoms with Gasteiger partial charge in [-0.05, 0) is 24.6 Å². The Balaban J connectivity index is 2.31. The molecule has 0 radical (unpaired) electrons. The second-order valence-electron chi connectivity index (χ2n) is 3.56. The van der Waals surface area contributed by atoms with Gasteiger partial charge in [0.25, 0.3) is 0 Å². The zero-order valence-electron chi connectivity index (χ0n) is 10.0. The summed E-state index contributed by atoms with van der Waals surface area (Å²) in [4.78, 5) is 12.3. The Hall–Kier alpha value is -0.420. The second kappa shape index (κ2) is 8.64. The Morgan fingerprint density at radius 1 is 1.44 bits per heavy atom. The van der Waals surface area contributed by atoms with Crippen LogP contribution < -0.4 is 5.32 Å². The summed E-state index contributed by atoms with van der Waals surface area (Å²) >= 11 is 13.2. The fraction of sp³-hybridized carbons (Fsp3) is 0.417. The van der Waals surface area contributed by atoms with Crippen molar-refractivity contribution in [1.29, 1.82) is 0 Å². The van der Waals surface area contributed by atoms with Gasteiger partial charge in [0.2, 0.25) is 5.91 Å². The molecule has 0 aromatic heterocycles. The maximum absolute atomic E-state index is 11.5. The van der Waals surface area contributed by atoms with Gasteiger partial charge < -0.3 is 10.1 Å². The SMILES string of the molecule is COCCCNC(=O)CSc1cc(Cl)ccc1Cl. The number of methoxy groups -OCH3 is 1. The standard InChI is InChI=1S/C12H15Cl2NO2S/c1-17-6-2-5-15-12(16)8-18-11-7-9(13)3-4-10(11)14/h3-4,7H,2,5-6,8H2,1H3,(H,15,16). The number of hydrogen-bond donors (Lipinski definition) is 1. The topological polar surface area (TPSA) is 38.3 Å². The number of rotatable bonds is 7. The van der Waals surface area contributed by atoms with Crippen molar-refractivity contribution in [2.24, 2.45) is 0 Å². The first kappa shape index (κ1) is 15.6. The number of carbonyl (C=O) groups is 1. The summed E-state index contributed by atoms with van der Waals surface area (Å²) in [5, 5.41) is 4.03. The van der Waals surface area contributed by atoms with E-state index >= 15 is 0 Å². The summed E-state index contributed by atoms with van der Waals surface area (Å²) in [5.74, 6) is 0.305. The molecule has 3 nitrogen and oxygen atoms in total. The van der Waals surface area contributed by atoms with Crippen LogP contribution in [0.4, 0.5) is 0 Å². The molecule has 1 amide bonds. The van der Waals surface area contributed by atoms with Gasteiger partial charge in [-0.2, -0.15) is 0 Å². The third kappa shape index (κ3) is 5.96. The molecular formula is C12H15Cl2NO2S. The van der Waals surface area contributed by atoms with E-state index in [1.165, 1.54) is 11.8 Å². The van der Waals surface area contributed by atoms with Gasteiger partial charge >= 0.3 is 0 Å². The minimum atomic E-state index is -0.0212. The summed E-state index contributed by atoms with van der Waals surface area (Å²) in [6.07, 6.45) is 0.810. The summed E-state index contributed by atoms with van der Waals surface area (Å²) in [7, 11) is 1.64. The molecule has 1 N–H and O–H groups in total. The average Bonchev–Trinajstić information content (AvgIpc) is 2.36. The van der Waals surface area contributed by atoms with Gasteiger partial charge in [0.15, 0.2) is 0 Å². The molecule has 0 aliphatic rings. The highest BCUT2D eigenvalue weighted by molar-refractivity contribution is 8.00. The van der Waals surface area contributed by atoms with Gasteiger partial charge in [0.1, 0.15) is 0 Å². The molecule has 1 aromatic carbocycles. The molecule has 100 valence electrons. The van der Waals surface area contributed by atoms with Crippen LogP contribution in [-0.4, -0.2) is 31.9 Å². The zero-order chi connectivity index (χ0) is 13.4. The van der Waals surface area contributed by atoms with Crippen LogP contribution in [0.2, 0.25) is 10.0 Å². The van der Waals surface area contributed by atoms with Gasteiger partial charge in [-0.1, -0.05) is 23.2 Å². The van der Waals surface area contributed by atoms with Crippen molar-refractivity contribution in [3.8, 4) is 0 Å². The monoisotopic (exact) mass is 307 g/mol. The Morgan fingerprint density at radius 2 is 2.22 bits per heavy atom. The van der Waals surface area contributed by atoms with E-state index in [0.29, 0.717) is 28.9 Å². The maximum Gasteiger partial charge on any atom is 0.230 e. The summed E-state index contributed by atoms with van der Waals surface area (Å²) < 4.78 is 4.89. The Morgan fingerprint density at radius 3 is 2.94 bits per heavy atom. The first-order chi connectivity index (χ1) is 8.63. The minimum absolute atomic E-state index is 0.0212. The number of ether oxygens (including phenoxy) is 1. The van der Waals surface area contributed by atoms with Gasteiger partial charge in [0.05, 0.1) is 10.8 Å². The number of nitrogens with one attached hydrogen (secondary N) is 1. The first-order valence-corrected chi connectivity index (χ1v) is 7.21. The number of amides is 1. The highest BCUT2D eigenvalue weighted by Gasteiger charge is 2.06. The van der Waals surface area contributed by atoms with Crippen LogP contribution in [0.1, 0.15) is 6.42 Å². The predicted octanol–water partition coefficient (Wildman–Crippen LogP) is 3.24. The molecule has 0 spiro atoms. The summed E-state index contributed by atoms with van der Waals surface area (Å²) in [6, 6.07) is 5.20. The number of hydrogen-bond acceptors (Lipinski definition) is 3. The Bertz CT molecular complexity index is 402. The zero-order valence-corrected chi connectivity index (χ0v) is 12.4. The smallest absolute Gasteiger partial charge is 0.230 e. The molecule has 0 saturated carbocycles.